The number of hydrogen-bond donors (Lipinski definition) is 2. The summed E-state index contributed by atoms with van der Waals surface area (Å²) in [4.78, 5) is 10.7. The molecule has 0 aromatic heterocycles. The van der Waals surface area contributed by atoms with Crippen LogP contribution in [0.3, 0.4) is 0 Å². The lowest BCUT2D eigenvalue weighted by Crippen LogP contribution is -2.26. The summed E-state index contributed by atoms with van der Waals surface area (Å²) < 4.78 is 0. The van der Waals surface area contributed by atoms with Crippen LogP contribution in [-0.2, 0) is 11.2 Å². The van der Waals surface area contributed by atoms with E-state index in [0.717, 1.165) is 16.8 Å². The zero-order valence-electron chi connectivity index (χ0n) is 7.78. The third-order valence-corrected chi connectivity index (χ3v) is 2.45. The van der Waals surface area contributed by atoms with Gasteiger partial charge in [-0.25, -0.2) is 4.79 Å². The summed E-state index contributed by atoms with van der Waals surface area (Å²) in [5.41, 5.74) is 3.26. The second-order valence-electron chi connectivity index (χ2n) is 3.34. The van der Waals surface area contributed by atoms with Crippen molar-refractivity contribution in [3.05, 3.63) is 29.3 Å². The van der Waals surface area contributed by atoms with Crippen molar-refractivity contribution in [1.29, 1.82) is 0 Å². The van der Waals surface area contributed by atoms with Gasteiger partial charge in [-0.2, -0.15) is 0 Å². The summed E-state index contributed by atoms with van der Waals surface area (Å²) in [7, 11) is 0. The van der Waals surface area contributed by atoms with Crippen LogP contribution in [0.25, 0.3) is 0 Å². The summed E-state index contributed by atoms with van der Waals surface area (Å²) >= 11 is 0. The molecule has 14 heavy (non-hydrogen) atoms. The highest BCUT2D eigenvalue weighted by molar-refractivity contribution is 5.85. The van der Waals surface area contributed by atoms with E-state index in [9.17, 15) is 4.79 Å². The first kappa shape index (κ1) is 10.9. The zero-order chi connectivity index (χ0) is 9.42. The number of halogens is 1. The van der Waals surface area contributed by atoms with E-state index >= 15 is 0 Å². The number of fused-ring (bicyclic) bond motifs is 1. The predicted octanol–water partition coefficient (Wildman–Crippen LogP) is 1.84. The summed E-state index contributed by atoms with van der Waals surface area (Å²) in [6.07, 6.45) is 0.595. The minimum Gasteiger partial charge on any atom is -0.480 e. The standard InChI is InChI=1S/C10H11NO2.ClH/c1-6-3-2-4-8-7(6)5-9(11-8)10(12)13;/h2-4,9,11H,5H2,1H3,(H,12,13);1H. The summed E-state index contributed by atoms with van der Waals surface area (Å²) in [6, 6.07) is 5.41. The molecule has 1 unspecified atom stereocenters. The SMILES string of the molecule is Cc1cccc2c1CC(C(=O)O)N2.Cl. The molecule has 1 aliphatic rings. The van der Waals surface area contributed by atoms with Crippen LogP contribution in [0.5, 0.6) is 0 Å². The number of benzene rings is 1. The molecule has 0 fully saturated rings. The molecule has 0 amide bonds. The Balaban J connectivity index is 0.000000980. The van der Waals surface area contributed by atoms with Crippen molar-refractivity contribution in [3.8, 4) is 0 Å². The minimum atomic E-state index is -0.782. The Morgan fingerprint density at radius 2 is 2.29 bits per heavy atom. The van der Waals surface area contributed by atoms with E-state index in [-0.39, 0.29) is 12.4 Å². The first-order valence-electron chi connectivity index (χ1n) is 4.26. The van der Waals surface area contributed by atoms with Crippen LogP contribution in [0, 0.1) is 6.92 Å². The first-order chi connectivity index (χ1) is 6.18. The number of carbonyl (C=O) groups is 1. The molecule has 1 aliphatic heterocycles. The third-order valence-electron chi connectivity index (χ3n) is 2.45. The smallest absolute Gasteiger partial charge is 0.326 e. The number of nitrogens with one attached hydrogen (secondary N) is 1. The average Bonchev–Trinajstić information content (AvgIpc) is 2.49. The molecule has 0 saturated carbocycles. The van der Waals surface area contributed by atoms with Gasteiger partial charge in [0.2, 0.25) is 0 Å². The summed E-state index contributed by atoms with van der Waals surface area (Å²) in [5, 5.41) is 11.8. The quantitative estimate of drug-likeness (QED) is 0.749. The van der Waals surface area contributed by atoms with Gasteiger partial charge in [-0.15, -0.1) is 12.4 Å². The van der Waals surface area contributed by atoms with Crippen molar-refractivity contribution in [3.63, 3.8) is 0 Å². The van der Waals surface area contributed by atoms with Gasteiger partial charge in [0.1, 0.15) is 6.04 Å². The van der Waals surface area contributed by atoms with Crippen molar-refractivity contribution in [2.45, 2.75) is 19.4 Å². The summed E-state index contributed by atoms with van der Waals surface area (Å²) in [6.45, 7) is 2.00. The van der Waals surface area contributed by atoms with Gasteiger partial charge >= 0.3 is 5.97 Å². The highest BCUT2D eigenvalue weighted by Gasteiger charge is 2.26. The van der Waals surface area contributed by atoms with Crippen molar-refractivity contribution < 1.29 is 9.90 Å². The topological polar surface area (TPSA) is 49.3 Å². The molecule has 3 nitrogen and oxygen atoms in total. The maximum Gasteiger partial charge on any atom is 0.326 e. The fraction of sp³-hybridized carbons (Fsp3) is 0.300. The van der Waals surface area contributed by atoms with Crippen molar-refractivity contribution in [2.75, 3.05) is 5.32 Å². The number of rotatable bonds is 1. The molecule has 2 rings (SSSR count). The molecular formula is C10H12ClNO2. The van der Waals surface area contributed by atoms with Crippen LogP contribution in [0.15, 0.2) is 18.2 Å². The number of aryl methyl sites for hydroxylation is 1. The number of carboxylic acids is 1. The van der Waals surface area contributed by atoms with E-state index in [2.05, 4.69) is 5.32 Å². The largest absolute Gasteiger partial charge is 0.480 e. The molecule has 1 aromatic carbocycles. The highest BCUT2D eigenvalue weighted by Crippen LogP contribution is 2.28. The Kier molecular flexibility index (Phi) is 3.01. The Hall–Kier alpha value is -1.22. The summed E-state index contributed by atoms with van der Waals surface area (Å²) in [5.74, 6) is -0.782. The van der Waals surface area contributed by atoms with Crippen LogP contribution in [0.2, 0.25) is 0 Å². The lowest BCUT2D eigenvalue weighted by molar-refractivity contribution is -0.137. The number of aliphatic carboxylic acids is 1. The lowest BCUT2D eigenvalue weighted by Gasteiger charge is -2.03. The fourth-order valence-electron chi connectivity index (χ4n) is 1.70. The Labute approximate surface area is 88.5 Å². The molecule has 0 spiro atoms. The van der Waals surface area contributed by atoms with Gasteiger partial charge in [0.25, 0.3) is 0 Å². The van der Waals surface area contributed by atoms with Gasteiger partial charge in [-0.1, -0.05) is 12.1 Å². The van der Waals surface area contributed by atoms with Crippen LogP contribution < -0.4 is 5.32 Å². The van der Waals surface area contributed by atoms with Gasteiger partial charge < -0.3 is 10.4 Å². The molecule has 0 saturated heterocycles. The van der Waals surface area contributed by atoms with E-state index < -0.39 is 12.0 Å². The van der Waals surface area contributed by atoms with Crippen LogP contribution >= 0.6 is 12.4 Å². The average molecular weight is 214 g/mol. The molecule has 0 aliphatic carbocycles. The van der Waals surface area contributed by atoms with E-state index in [0.29, 0.717) is 6.42 Å². The predicted molar refractivity (Wildman–Crippen MR) is 57.2 cm³/mol. The fourth-order valence-corrected chi connectivity index (χ4v) is 1.70. The Morgan fingerprint density at radius 3 is 2.86 bits per heavy atom. The Morgan fingerprint density at radius 1 is 1.57 bits per heavy atom. The van der Waals surface area contributed by atoms with Gasteiger partial charge in [-0.3, -0.25) is 0 Å². The van der Waals surface area contributed by atoms with Crippen LogP contribution in [0.1, 0.15) is 11.1 Å². The molecule has 1 aromatic rings. The molecule has 76 valence electrons. The maximum atomic E-state index is 10.7. The molecule has 1 atom stereocenters. The number of anilines is 1. The second-order valence-corrected chi connectivity index (χ2v) is 3.34. The van der Waals surface area contributed by atoms with Crippen molar-refractivity contribution in [1.82, 2.24) is 0 Å². The molecule has 1 heterocycles. The molecule has 0 bridgehead atoms. The normalized spacial score (nSPS) is 17.9. The van der Waals surface area contributed by atoms with E-state index in [1.54, 1.807) is 0 Å². The van der Waals surface area contributed by atoms with Crippen molar-refractivity contribution in [2.24, 2.45) is 0 Å². The second kappa shape index (κ2) is 3.88. The zero-order valence-corrected chi connectivity index (χ0v) is 8.60. The third kappa shape index (κ3) is 1.68. The number of hydrogen-bond acceptors (Lipinski definition) is 2. The molecule has 0 radical (unpaired) electrons. The van der Waals surface area contributed by atoms with E-state index in [4.69, 9.17) is 5.11 Å². The maximum absolute atomic E-state index is 10.7. The van der Waals surface area contributed by atoms with Crippen molar-refractivity contribution >= 4 is 24.1 Å². The van der Waals surface area contributed by atoms with Gasteiger partial charge in [0, 0.05) is 12.1 Å². The lowest BCUT2D eigenvalue weighted by atomic mass is 10.0. The Bertz CT molecular complexity index is 365. The first-order valence-corrected chi connectivity index (χ1v) is 4.26. The van der Waals surface area contributed by atoms with Crippen LogP contribution in [-0.4, -0.2) is 17.1 Å². The molecule has 2 N–H and O–H groups in total. The van der Waals surface area contributed by atoms with Gasteiger partial charge in [-0.05, 0) is 24.1 Å². The molecule has 4 heteroatoms. The minimum absolute atomic E-state index is 0. The van der Waals surface area contributed by atoms with E-state index in [1.165, 1.54) is 0 Å². The van der Waals surface area contributed by atoms with E-state index in [1.807, 2.05) is 25.1 Å². The molecular weight excluding hydrogens is 202 g/mol. The highest BCUT2D eigenvalue weighted by atomic mass is 35.5. The van der Waals surface area contributed by atoms with Crippen LogP contribution in [0.4, 0.5) is 5.69 Å². The van der Waals surface area contributed by atoms with Gasteiger partial charge in [0.05, 0.1) is 0 Å². The monoisotopic (exact) mass is 213 g/mol. The van der Waals surface area contributed by atoms with Gasteiger partial charge in [0.15, 0.2) is 0 Å². The number of carboxylic acid groups (broad SMARTS) is 1.